The Balaban J connectivity index is 2.05. The highest BCUT2D eigenvalue weighted by molar-refractivity contribution is 7.98. The molecule has 96 valence electrons. The fourth-order valence-corrected chi connectivity index (χ4v) is 2.41. The maximum atomic E-state index is 5.93. The van der Waals surface area contributed by atoms with Gasteiger partial charge in [0.15, 0.2) is 0 Å². The molecule has 0 amide bonds. The van der Waals surface area contributed by atoms with Crippen molar-refractivity contribution in [2.75, 3.05) is 12.3 Å². The van der Waals surface area contributed by atoms with E-state index in [0.29, 0.717) is 6.61 Å². The Labute approximate surface area is 110 Å². The average Bonchev–Trinajstić information content (AvgIpc) is 2.76. The molecule has 0 atom stereocenters. The van der Waals surface area contributed by atoms with Crippen molar-refractivity contribution >= 4 is 17.4 Å². The van der Waals surface area contributed by atoms with E-state index in [1.165, 1.54) is 0 Å². The van der Waals surface area contributed by atoms with Crippen molar-refractivity contribution in [1.82, 2.24) is 5.16 Å². The Kier molecular flexibility index (Phi) is 4.15. The van der Waals surface area contributed by atoms with Gasteiger partial charge in [-0.3, -0.25) is 0 Å². The van der Waals surface area contributed by atoms with Gasteiger partial charge in [0, 0.05) is 22.4 Å². The smallest absolute Gasteiger partial charge is 0.133 e. The summed E-state index contributed by atoms with van der Waals surface area (Å²) in [5.41, 5.74) is 7.60. The summed E-state index contributed by atoms with van der Waals surface area (Å²) in [6, 6.07) is 7.62. The zero-order valence-corrected chi connectivity index (χ0v) is 11.3. The molecule has 0 unspecified atom stereocenters. The predicted molar refractivity (Wildman–Crippen MR) is 72.8 cm³/mol. The molecule has 0 aliphatic rings. The van der Waals surface area contributed by atoms with E-state index in [0.717, 1.165) is 33.5 Å². The third kappa shape index (κ3) is 3.20. The molecule has 0 aliphatic heterocycles. The molecule has 4 nitrogen and oxygen atoms in total. The van der Waals surface area contributed by atoms with Crippen LogP contribution < -0.4 is 10.5 Å². The van der Waals surface area contributed by atoms with Crippen LogP contribution in [0.4, 0.5) is 5.69 Å². The number of hydrogen-bond donors (Lipinski definition) is 1. The molecule has 1 heterocycles. The van der Waals surface area contributed by atoms with Gasteiger partial charge in [0.2, 0.25) is 0 Å². The quantitative estimate of drug-likeness (QED) is 0.663. The minimum atomic E-state index is 0.649. The maximum Gasteiger partial charge on any atom is 0.133 e. The van der Waals surface area contributed by atoms with Crippen LogP contribution in [-0.4, -0.2) is 11.8 Å². The van der Waals surface area contributed by atoms with E-state index in [1.807, 2.05) is 38.1 Å². The normalized spacial score (nSPS) is 10.6. The number of nitrogens with zero attached hydrogens (tertiary/aromatic N) is 1. The van der Waals surface area contributed by atoms with Crippen molar-refractivity contribution < 1.29 is 9.26 Å². The summed E-state index contributed by atoms with van der Waals surface area (Å²) in [6.07, 6.45) is 0. The van der Waals surface area contributed by atoms with Crippen LogP contribution in [-0.2, 0) is 5.75 Å². The van der Waals surface area contributed by atoms with E-state index in [4.69, 9.17) is 15.0 Å². The second kappa shape index (κ2) is 5.82. The number of aryl methyl sites for hydroxylation is 1. The molecular formula is C13H16N2O2S. The molecule has 2 N–H and O–H groups in total. The molecule has 0 radical (unpaired) electrons. The fraction of sp³-hybridized carbons (Fsp3) is 0.308. The highest BCUT2D eigenvalue weighted by atomic mass is 32.2. The van der Waals surface area contributed by atoms with Crippen molar-refractivity contribution in [3.63, 3.8) is 0 Å². The lowest BCUT2D eigenvalue weighted by Gasteiger charge is -2.08. The molecule has 0 bridgehead atoms. The van der Waals surface area contributed by atoms with Crippen molar-refractivity contribution in [2.45, 2.75) is 24.5 Å². The van der Waals surface area contributed by atoms with E-state index in [9.17, 15) is 0 Å². The molecule has 1 aromatic carbocycles. The molecule has 1 aromatic heterocycles. The molecule has 0 spiro atoms. The molecule has 5 heteroatoms. The lowest BCUT2D eigenvalue weighted by atomic mass is 10.3. The number of benzene rings is 1. The summed E-state index contributed by atoms with van der Waals surface area (Å²) < 4.78 is 10.5. The van der Waals surface area contributed by atoms with Gasteiger partial charge in [0.25, 0.3) is 0 Å². The highest BCUT2D eigenvalue weighted by Crippen LogP contribution is 2.31. The van der Waals surface area contributed by atoms with E-state index >= 15 is 0 Å². The second-order valence-corrected chi connectivity index (χ2v) is 4.87. The Morgan fingerprint density at radius 2 is 2.22 bits per heavy atom. The van der Waals surface area contributed by atoms with E-state index < -0.39 is 0 Å². The van der Waals surface area contributed by atoms with Crippen LogP contribution >= 0.6 is 11.8 Å². The summed E-state index contributed by atoms with van der Waals surface area (Å²) in [6.45, 7) is 4.49. The number of ether oxygens (including phenoxy) is 1. The molecule has 0 aliphatic carbocycles. The van der Waals surface area contributed by atoms with Gasteiger partial charge in [-0.15, -0.1) is 11.8 Å². The number of nitrogen functional groups attached to an aromatic ring is 1. The van der Waals surface area contributed by atoms with Gasteiger partial charge in [-0.1, -0.05) is 5.16 Å². The van der Waals surface area contributed by atoms with Gasteiger partial charge in [0.05, 0.1) is 12.3 Å². The van der Waals surface area contributed by atoms with Gasteiger partial charge in [0.1, 0.15) is 11.5 Å². The van der Waals surface area contributed by atoms with Crippen LogP contribution in [0, 0.1) is 6.92 Å². The minimum absolute atomic E-state index is 0.649. The molecule has 2 aromatic rings. The standard InChI is InChI=1S/C13H16N2O2S/c1-3-16-11-4-5-12(14)13(7-11)18-8-10-6-9(2)17-15-10/h4-7H,3,8,14H2,1-2H3. The number of aromatic nitrogens is 1. The first-order valence-electron chi connectivity index (χ1n) is 5.76. The van der Waals surface area contributed by atoms with Crippen LogP contribution in [0.25, 0.3) is 0 Å². The van der Waals surface area contributed by atoms with Crippen molar-refractivity contribution in [2.24, 2.45) is 0 Å². The van der Waals surface area contributed by atoms with E-state index in [-0.39, 0.29) is 0 Å². The Morgan fingerprint density at radius 3 is 2.89 bits per heavy atom. The summed E-state index contributed by atoms with van der Waals surface area (Å²) in [7, 11) is 0. The van der Waals surface area contributed by atoms with E-state index in [1.54, 1.807) is 11.8 Å². The first-order valence-corrected chi connectivity index (χ1v) is 6.75. The average molecular weight is 264 g/mol. The summed E-state index contributed by atoms with van der Waals surface area (Å²) in [5.74, 6) is 2.39. The minimum Gasteiger partial charge on any atom is -0.494 e. The highest BCUT2D eigenvalue weighted by Gasteiger charge is 2.06. The summed E-state index contributed by atoms with van der Waals surface area (Å²) in [5, 5.41) is 3.95. The lowest BCUT2D eigenvalue weighted by Crippen LogP contribution is -1.94. The molecule has 0 saturated heterocycles. The van der Waals surface area contributed by atoms with Crippen LogP contribution in [0.2, 0.25) is 0 Å². The Morgan fingerprint density at radius 1 is 1.39 bits per heavy atom. The van der Waals surface area contributed by atoms with Crippen LogP contribution in [0.1, 0.15) is 18.4 Å². The van der Waals surface area contributed by atoms with Gasteiger partial charge in [-0.25, -0.2) is 0 Å². The van der Waals surface area contributed by atoms with Gasteiger partial charge in [-0.05, 0) is 32.0 Å². The third-order valence-electron chi connectivity index (χ3n) is 2.35. The number of hydrogen-bond acceptors (Lipinski definition) is 5. The summed E-state index contributed by atoms with van der Waals surface area (Å²) >= 11 is 1.63. The van der Waals surface area contributed by atoms with Crippen molar-refractivity contribution in [3.05, 3.63) is 35.7 Å². The Hall–Kier alpha value is -1.62. The number of anilines is 1. The topological polar surface area (TPSA) is 61.3 Å². The second-order valence-electron chi connectivity index (χ2n) is 3.85. The zero-order valence-electron chi connectivity index (χ0n) is 10.5. The lowest BCUT2D eigenvalue weighted by molar-refractivity contribution is 0.339. The van der Waals surface area contributed by atoms with Crippen LogP contribution in [0.15, 0.2) is 33.7 Å². The number of thioether (sulfide) groups is 1. The van der Waals surface area contributed by atoms with Crippen molar-refractivity contribution in [1.29, 1.82) is 0 Å². The molecule has 18 heavy (non-hydrogen) atoms. The molecule has 2 rings (SSSR count). The zero-order chi connectivity index (χ0) is 13.0. The fourth-order valence-electron chi connectivity index (χ4n) is 1.53. The molecule has 0 fully saturated rings. The molecule has 0 saturated carbocycles. The maximum absolute atomic E-state index is 5.93. The van der Waals surface area contributed by atoms with Crippen LogP contribution in [0.3, 0.4) is 0 Å². The van der Waals surface area contributed by atoms with Gasteiger partial charge in [-0.2, -0.15) is 0 Å². The monoisotopic (exact) mass is 264 g/mol. The number of rotatable bonds is 5. The summed E-state index contributed by atoms with van der Waals surface area (Å²) in [4.78, 5) is 1.00. The number of nitrogens with two attached hydrogens (primary N) is 1. The molecular weight excluding hydrogens is 248 g/mol. The van der Waals surface area contributed by atoms with Crippen molar-refractivity contribution in [3.8, 4) is 5.75 Å². The first kappa shape index (κ1) is 12.8. The van der Waals surface area contributed by atoms with Gasteiger partial charge >= 0.3 is 0 Å². The van der Waals surface area contributed by atoms with Gasteiger partial charge < -0.3 is 15.0 Å². The van der Waals surface area contributed by atoms with Crippen LogP contribution in [0.5, 0.6) is 5.75 Å². The van der Waals surface area contributed by atoms with E-state index in [2.05, 4.69) is 5.16 Å². The Bertz CT molecular complexity index is 525. The largest absolute Gasteiger partial charge is 0.494 e. The third-order valence-corrected chi connectivity index (χ3v) is 3.45. The predicted octanol–water partition coefficient (Wildman–Crippen LogP) is 3.26. The SMILES string of the molecule is CCOc1ccc(N)c(SCc2cc(C)on2)c1. The first-order chi connectivity index (χ1) is 8.69.